The second kappa shape index (κ2) is 8.99. The maximum absolute atomic E-state index is 13.7. The van der Waals surface area contributed by atoms with Crippen molar-refractivity contribution in [1.29, 1.82) is 0 Å². The number of rotatable bonds is 5. The van der Waals surface area contributed by atoms with Crippen LogP contribution in [0.2, 0.25) is 0 Å². The Morgan fingerprint density at radius 1 is 1.15 bits per heavy atom. The molecule has 3 rings (SSSR count). The summed E-state index contributed by atoms with van der Waals surface area (Å²) >= 11 is 5.55. The third-order valence-corrected chi connectivity index (χ3v) is 5.38. The first-order valence-corrected chi connectivity index (χ1v) is 9.50. The van der Waals surface area contributed by atoms with Gasteiger partial charge in [0.15, 0.2) is 5.11 Å². The van der Waals surface area contributed by atoms with Crippen LogP contribution >= 0.6 is 12.2 Å². The van der Waals surface area contributed by atoms with Gasteiger partial charge in [0.05, 0.1) is 7.11 Å². The summed E-state index contributed by atoms with van der Waals surface area (Å²) < 4.78 is 18.9. The molecule has 2 aromatic rings. The number of hydrogen-bond acceptors (Lipinski definition) is 2. The van der Waals surface area contributed by atoms with Gasteiger partial charge in [-0.15, -0.1) is 0 Å². The standard InChI is InChI=1S/C21H25FN2OS/c1-25-19-10-8-18(9-11-19)23-21(26)24-14-12-16(13-15-24)6-7-17-4-2-3-5-20(17)22/h2-5,8-11,16H,6-7,12-15H2,1H3,(H,23,26). The van der Waals surface area contributed by atoms with E-state index in [4.69, 9.17) is 17.0 Å². The minimum Gasteiger partial charge on any atom is -0.497 e. The molecule has 0 aliphatic carbocycles. The molecule has 138 valence electrons. The van der Waals surface area contributed by atoms with Crippen molar-refractivity contribution in [1.82, 2.24) is 4.90 Å². The Bertz CT molecular complexity index is 727. The molecule has 1 N–H and O–H groups in total. The number of nitrogens with zero attached hydrogens (tertiary/aromatic N) is 1. The number of piperidine rings is 1. The van der Waals surface area contributed by atoms with Crippen molar-refractivity contribution >= 4 is 23.0 Å². The molecule has 0 atom stereocenters. The van der Waals surface area contributed by atoms with Gasteiger partial charge in [-0.1, -0.05) is 18.2 Å². The summed E-state index contributed by atoms with van der Waals surface area (Å²) in [7, 11) is 1.66. The molecular formula is C21H25FN2OS. The van der Waals surface area contributed by atoms with Gasteiger partial charge in [-0.25, -0.2) is 4.39 Å². The molecule has 1 aliphatic rings. The van der Waals surface area contributed by atoms with E-state index in [0.717, 1.165) is 60.9 Å². The molecular weight excluding hydrogens is 347 g/mol. The highest BCUT2D eigenvalue weighted by Gasteiger charge is 2.21. The van der Waals surface area contributed by atoms with E-state index >= 15 is 0 Å². The molecule has 0 saturated carbocycles. The van der Waals surface area contributed by atoms with Crippen LogP contribution in [-0.4, -0.2) is 30.2 Å². The first-order valence-electron chi connectivity index (χ1n) is 9.09. The van der Waals surface area contributed by atoms with Crippen LogP contribution < -0.4 is 10.1 Å². The molecule has 3 nitrogen and oxygen atoms in total. The predicted molar refractivity (Wildman–Crippen MR) is 108 cm³/mol. The van der Waals surface area contributed by atoms with Gasteiger partial charge in [0.25, 0.3) is 0 Å². The Morgan fingerprint density at radius 2 is 1.85 bits per heavy atom. The lowest BCUT2D eigenvalue weighted by atomic mass is 9.90. The Balaban J connectivity index is 1.44. The quantitative estimate of drug-likeness (QED) is 0.757. The Kier molecular flexibility index (Phi) is 6.45. The van der Waals surface area contributed by atoms with Crippen molar-refractivity contribution in [3.05, 3.63) is 59.9 Å². The van der Waals surface area contributed by atoms with Gasteiger partial charge in [0.1, 0.15) is 11.6 Å². The lowest BCUT2D eigenvalue weighted by Crippen LogP contribution is -2.40. The highest BCUT2D eigenvalue weighted by atomic mass is 32.1. The molecule has 1 aliphatic heterocycles. The van der Waals surface area contributed by atoms with Gasteiger partial charge >= 0.3 is 0 Å². The number of benzene rings is 2. The summed E-state index contributed by atoms with van der Waals surface area (Å²) in [5.41, 5.74) is 1.80. The van der Waals surface area contributed by atoms with Crippen LogP contribution in [-0.2, 0) is 6.42 Å². The smallest absolute Gasteiger partial charge is 0.173 e. The second-order valence-electron chi connectivity index (χ2n) is 6.72. The number of ether oxygens (including phenoxy) is 1. The lowest BCUT2D eigenvalue weighted by molar-refractivity contribution is 0.258. The molecule has 0 bridgehead atoms. The van der Waals surface area contributed by atoms with Crippen LogP contribution in [0, 0.1) is 11.7 Å². The van der Waals surface area contributed by atoms with E-state index in [2.05, 4.69) is 10.2 Å². The minimum atomic E-state index is -0.0881. The second-order valence-corrected chi connectivity index (χ2v) is 7.11. The number of hydrogen-bond donors (Lipinski definition) is 1. The zero-order valence-electron chi connectivity index (χ0n) is 15.1. The number of methoxy groups -OCH3 is 1. The molecule has 0 unspecified atom stereocenters. The topological polar surface area (TPSA) is 24.5 Å². The maximum Gasteiger partial charge on any atom is 0.173 e. The monoisotopic (exact) mass is 372 g/mol. The molecule has 0 amide bonds. The van der Waals surface area contributed by atoms with Gasteiger partial charge < -0.3 is 15.0 Å². The van der Waals surface area contributed by atoms with Crippen LogP contribution in [0.15, 0.2) is 48.5 Å². The number of likely N-dealkylation sites (tertiary alicyclic amines) is 1. The van der Waals surface area contributed by atoms with Gasteiger partial charge in [-0.2, -0.15) is 0 Å². The minimum absolute atomic E-state index is 0.0881. The number of anilines is 1. The SMILES string of the molecule is COc1ccc(NC(=S)N2CCC(CCc3ccccc3F)CC2)cc1. The molecule has 0 spiro atoms. The number of thiocarbonyl (C=S) groups is 1. The predicted octanol–water partition coefficient (Wildman–Crippen LogP) is 4.88. The first-order chi connectivity index (χ1) is 12.7. The summed E-state index contributed by atoms with van der Waals surface area (Å²) in [5, 5.41) is 4.06. The third kappa shape index (κ3) is 4.94. The molecule has 2 aromatic carbocycles. The molecule has 5 heteroatoms. The van der Waals surface area contributed by atoms with Crippen molar-refractivity contribution < 1.29 is 9.13 Å². The first kappa shape index (κ1) is 18.6. The van der Waals surface area contributed by atoms with E-state index < -0.39 is 0 Å². The lowest BCUT2D eigenvalue weighted by Gasteiger charge is -2.34. The highest BCUT2D eigenvalue weighted by molar-refractivity contribution is 7.80. The normalized spacial score (nSPS) is 14.9. The third-order valence-electron chi connectivity index (χ3n) is 5.02. The van der Waals surface area contributed by atoms with E-state index in [-0.39, 0.29) is 5.82 Å². The van der Waals surface area contributed by atoms with Crippen LogP contribution in [0.1, 0.15) is 24.8 Å². The van der Waals surface area contributed by atoms with Crippen molar-refractivity contribution in [2.75, 3.05) is 25.5 Å². The van der Waals surface area contributed by atoms with Gasteiger partial charge in [-0.3, -0.25) is 0 Å². The van der Waals surface area contributed by atoms with Crippen molar-refractivity contribution in [2.45, 2.75) is 25.7 Å². The van der Waals surface area contributed by atoms with Crippen LogP contribution in [0.5, 0.6) is 5.75 Å². The highest BCUT2D eigenvalue weighted by Crippen LogP contribution is 2.24. The summed E-state index contributed by atoms with van der Waals surface area (Å²) in [6.45, 7) is 1.90. The average Bonchev–Trinajstić information content (AvgIpc) is 2.68. The van der Waals surface area contributed by atoms with E-state index in [0.29, 0.717) is 5.92 Å². The van der Waals surface area contributed by atoms with Gasteiger partial charge in [-0.05, 0) is 79.7 Å². The summed E-state index contributed by atoms with van der Waals surface area (Å²) in [5.74, 6) is 1.38. The molecule has 0 aromatic heterocycles. The molecule has 1 saturated heterocycles. The largest absolute Gasteiger partial charge is 0.497 e. The summed E-state index contributed by atoms with van der Waals surface area (Å²) in [6.07, 6.45) is 4.04. The fraction of sp³-hybridized carbons (Fsp3) is 0.381. The average molecular weight is 373 g/mol. The van der Waals surface area contributed by atoms with Crippen LogP contribution in [0.3, 0.4) is 0 Å². The zero-order chi connectivity index (χ0) is 18.4. The van der Waals surface area contributed by atoms with Crippen LogP contribution in [0.25, 0.3) is 0 Å². The Labute approximate surface area is 160 Å². The van der Waals surface area contributed by atoms with Crippen molar-refractivity contribution in [3.8, 4) is 5.75 Å². The molecule has 1 heterocycles. The van der Waals surface area contributed by atoms with Crippen LogP contribution in [0.4, 0.5) is 10.1 Å². The Hall–Kier alpha value is -2.14. The van der Waals surface area contributed by atoms with Crippen molar-refractivity contribution in [3.63, 3.8) is 0 Å². The number of halogens is 1. The van der Waals surface area contributed by atoms with E-state index in [1.807, 2.05) is 36.4 Å². The Morgan fingerprint density at radius 3 is 2.50 bits per heavy atom. The number of nitrogens with one attached hydrogen (secondary N) is 1. The van der Waals surface area contributed by atoms with E-state index in [1.165, 1.54) is 0 Å². The summed E-state index contributed by atoms with van der Waals surface area (Å²) in [6, 6.07) is 14.8. The van der Waals surface area contributed by atoms with Gasteiger partial charge in [0.2, 0.25) is 0 Å². The fourth-order valence-electron chi connectivity index (χ4n) is 3.36. The van der Waals surface area contributed by atoms with Gasteiger partial charge in [0, 0.05) is 18.8 Å². The zero-order valence-corrected chi connectivity index (χ0v) is 15.9. The van der Waals surface area contributed by atoms with E-state index in [9.17, 15) is 4.39 Å². The maximum atomic E-state index is 13.7. The van der Waals surface area contributed by atoms with E-state index in [1.54, 1.807) is 19.2 Å². The van der Waals surface area contributed by atoms with Crippen molar-refractivity contribution in [2.24, 2.45) is 5.92 Å². The number of aryl methyl sites for hydroxylation is 1. The molecule has 26 heavy (non-hydrogen) atoms. The summed E-state index contributed by atoms with van der Waals surface area (Å²) in [4.78, 5) is 2.22. The fourth-order valence-corrected chi connectivity index (χ4v) is 3.66. The molecule has 1 fully saturated rings. The molecule has 0 radical (unpaired) electrons.